The summed E-state index contributed by atoms with van der Waals surface area (Å²) in [6, 6.07) is 12.1. The van der Waals surface area contributed by atoms with Crippen LogP contribution in [0.2, 0.25) is 0 Å². The van der Waals surface area contributed by atoms with Crippen molar-refractivity contribution >= 4 is 11.8 Å². The second kappa shape index (κ2) is 10.1. The van der Waals surface area contributed by atoms with Crippen LogP contribution in [0.1, 0.15) is 33.3 Å². The van der Waals surface area contributed by atoms with Gasteiger partial charge in [-0.3, -0.25) is 9.59 Å². The first kappa shape index (κ1) is 23.2. The van der Waals surface area contributed by atoms with Gasteiger partial charge in [-0.15, -0.1) is 0 Å². The van der Waals surface area contributed by atoms with E-state index in [9.17, 15) is 14.0 Å². The number of methoxy groups -OCH3 is 1. The van der Waals surface area contributed by atoms with Crippen LogP contribution < -0.4 is 14.8 Å². The fourth-order valence-corrected chi connectivity index (χ4v) is 2.80. The minimum Gasteiger partial charge on any atom is -0.493 e. The zero-order valence-electron chi connectivity index (χ0n) is 18.1. The van der Waals surface area contributed by atoms with Crippen molar-refractivity contribution in [3.05, 3.63) is 59.9 Å². The fraction of sp³-hybridized carbons (Fsp3) is 0.391. The number of nitrogens with zero attached hydrogens (tertiary/aromatic N) is 1. The molecule has 0 aliphatic heterocycles. The molecular formula is C23H29FN2O4. The predicted octanol–water partition coefficient (Wildman–Crippen LogP) is 3.55. The summed E-state index contributed by atoms with van der Waals surface area (Å²) in [7, 11) is 1.52. The summed E-state index contributed by atoms with van der Waals surface area (Å²) in [4.78, 5) is 27.1. The van der Waals surface area contributed by atoms with E-state index < -0.39 is 11.6 Å². The number of rotatable bonds is 8. The Hall–Kier alpha value is -3.09. The van der Waals surface area contributed by atoms with E-state index in [-0.39, 0.29) is 30.8 Å². The molecule has 2 aromatic carbocycles. The van der Waals surface area contributed by atoms with E-state index in [1.165, 1.54) is 24.1 Å². The third-order valence-corrected chi connectivity index (χ3v) is 4.35. The zero-order chi connectivity index (χ0) is 22.3. The van der Waals surface area contributed by atoms with Crippen LogP contribution in [0, 0.1) is 5.82 Å². The van der Waals surface area contributed by atoms with Gasteiger partial charge in [-0.2, -0.15) is 0 Å². The lowest BCUT2D eigenvalue weighted by Crippen LogP contribution is -2.53. The summed E-state index contributed by atoms with van der Waals surface area (Å²) in [6.45, 7) is 7.14. The monoisotopic (exact) mass is 416 g/mol. The number of para-hydroxylation sites is 2. The zero-order valence-corrected chi connectivity index (χ0v) is 18.1. The molecule has 0 aliphatic rings. The molecule has 30 heavy (non-hydrogen) atoms. The van der Waals surface area contributed by atoms with Gasteiger partial charge in [0.25, 0.3) is 5.91 Å². The van der Waals surface area contributed by atoms with E-state index in [2.05, 4.69) is 5.32 Å². The highest BCUT2D eigenvalue weighted by Gasteiger charge is 2.28. The average molecular weight is 416 g/mol. The summed E-state index contributed by atoms with van der Waals surface area (Å²) < 4.78 is 24.1. The molecule has 2 amide bonds. The number of nitrogens with one attached hydrogen (secondary N) is 1. The topological polar surface area (TPSA) is 67.9 Å². The summed E-state index contributed by atoms with van der Waals surface area (Å²) in [6.07, 6.45) is 0. The number of halogens is 1. The SMILES string of the molecule is COc1ccccc1OCC(=O)N(Cc1ccc(F)cc1)C(C)C(=O)NC(C)(C)C. The van der Waals surface area contributed by atoms with Gasteiger partial charge in [-0.25, -0.2) is 4.39 Å². The Morgan fingerprint density at radius 2 is 1.67 bits per heavy atom. The molecule has 0 saturated heterocycles. The highest BCUT2D eigenvalue weighted by molar-refractivity contribution is 5.88. The molecule has 7 heteroatoms. The lowest BCUT2D eigenvalue weighted by Gasteiger charge is -2.31. The Labute approximate surface area is 177 Å². The Bertz CT molecular complexity index is 862. The molecule has 1 N–H and O–H groups in total. The van der Waals surface area contributed by atoms with E-state index in [1.54, 1.807) is 43.3 Å². The fourth-order valence-electron chi connectivity index (χ4n) is 2.80. The quantitative estimate of drug-likeness (QED) is 0.715. The van der Waals surface area contributed by atoms with Crippen LogP contribution in [0.4, 0.5) is 4.39 Å². The van der Waals surface area contributed by atoms with Gasteiger partial charge in [-0.1, -0.05) is 24.3 Å². The maximum Gasteiger partial charge on any atom is 0.261 e. The predicted molar refractivity (Wildman–Crippen MR) is 113 cm³/mol. The number of hydrogen-bond acceptors (Lipinski definition) is 4. The lowest BCUT2D eigenvalue weighted by molar-refractivity contribution is -0.142. The lowest BCUT2D eigenvalue weighted by atomic mass is 10.1. The molecule has 0 spiro atoms. The number of benzene rings is 2. The molecule has 162 valence electrons. The Morgan fingerprint density at radius 3 is 2.23 bits per heavy atom. The van der Waals surface area contributed by atoms with Gasteiger partial charge in [0.15, 0.2) is 18.1 Å². The molecule has 0 fully saturated rings. The van der Waals surface area contributed by atoms with Gasteiger partial charge in [-0.05, 0) is 57.5 Å². The normalized spacial score (nSPS) is 12.1. The van der Waals surface area contributed by atoms with E-state index in [4.69, 9.17) is 9.47 Å². The number of carbonyl (C=O) groups excluding carboxylic acids is 2. The van der Waals surface area contributed by atoms with Crippen molar-refractivity contribution in [1.29, 1.82) is 0 Å². The summed E-state index contributed by atoms with van der Waals surface area (Å²) >= 11 is 0. The molecule has 0 bridgehead atoms. The third kappa shape index (κ3) is 6.76. The van der Waals surface area contributed by atoms with Crippen LogP contribution in [0.3, 0.4) is 0 Å². The Kier molecular flexibility index (Phi) is 7.80. The second-order valence-corrected chi connectivity index (χ2v) is 8.00. The molecular weight excluding hydrogens is 387 g/mol. The van der Waals surface area contributed by atoms with Gasteiger partial charge in [0, 0.05) is 12.1 Å². The van der Waals surface area contributed by atoms with Gasteiger partial charge < -0.3 is 19.7 Å². The van der Waals surface area contributed by atoms with Crippen LogP contribution >= 0.6 is 0 Å². The minimum absolute atomic E-state index is 0.146. The van der Waals surface area contributed by atoms with Crippen molar-refractivity contribution in [2.45, 2.75) is 45.8 Å². The largest absolute Gasteiger partial charge is 0.493 e. The standard InChI is InChI=1S/C23H29FN2O4/c1-16(22(28)25-23(2,3)4)26(14-17-10-12-18(24)13-11-17)21(27)15-30-20-9-7-6-8-19(20)29-5/h6-13,16H,14-15H2,1-5H3,(H,25,28). The maximum atomic E-state index is 13.3. The molecule has 2 aromatic rings. The maximum absolute atomic E-state index is 13.3. The van der Waals surface area contributed by atoms with Crippen molar-refractivity contribution in [3.63, 3.8) is 0 Å². The first-order valence-electron chi connectivity index (χ1n) is 9.72. The van der Waals surface area contributed by atoms with E-state index >= 15 is 0 Å². The highest BCUT2D eigenvalue weighted by atomic mass is 19.1. The molecule has 0 heterocycles. The van der Waals surface area contributed by atoms with E-state index in [1.807, 2.05) is 20.8 Å². The third-order valence-electron chi connectivity index (χ3n) is 4.35. The molecule has 0 aromatic heterocycles. The van der Waals surface area contributed by atoms with Crippen molar-refractivity contribution in [2.75, 3.05) is 13.7 Å². The average Bonchev–Trinajstić information content (AvgIpc) is 2.70. The van der Waals surface area contributed by atoms with Crippen LogP contribution in [0.25, 0.3) is 0 Å². The number of carbonyl (C=O) groups is 2. The van der Waals surface area contributed by atoms with Crippen molar-refractivity contribution in [2.24, 2.45) is 0 Å². The highest BCUT2D eigenvalue weighted by Crippen LogP contribution is 2.26. The first-order chi connectivity index (χ1) is 14.1. The molecule has 1 unspecified atom stereocenters. The Morgan fingerprint density at radius 1 is 1.07 bits per heavy atom. The van der Waals surface area contributed by atoms with Gasteiger partial charge in [0.05, 0.1) is 7.11 Å². The second-order valence-electron chi connectivity index (χ2n) is 8.00. The van der Waals surface area contributed by atoms with E-state index in [0.29, 0.717) is 17.1 Å². The molecule has 0 saturated carbocycles. The smallest absolute Gasteiger partial charge is 0.261 e. The van der Waals surface area contributed by atoms with Gasteiger partial charge in [0.2, 0.25) is 5.91 Å². The van der Waals surface area contributed by atoms with Crippen LogP contribution in [0.15, 0.2) is 48.5 Å². The van der Waals surface area contributed by atoms with E-state index in [0.717, 1.165) is 0 Å². The van der Waals surface area contributed by atoms with Crippen molar-refractivity contribution < 1.29 is 23.5 Å². The summed E-state index contributed by atoms with van der Waals surface area (Å²) in [5.41, 5.74) is 0.265. The summed E-state index contributed by atoms with van der Waals surface area (Å²) in [5, 5.41) is 2.89. The molecule has 6 nitrogen and oxygen atoms in total. The first-order valence-corrected chi connectivity index (χ1v) is 9.72. The van der Waals surface area contributed by atoms with Crippen LogP contribution in [0.5, 0.6) is 11.5 Å². The molecule has 0 aliphatic carbocycles. The number of amides is 2. The number of hydrogen-bond donors (Lipinski definition) is 1. The number of ether oxygens (including phenoxy) is 2. The van der Waals surface area contributed by atoms with Gasteiger partial charge >= 0.3 is 0 Å². The van der Waals surface area contributed by atoms with Crippen LogP contribution in [-0.4, -0.2) is 42.0 Å². The summed E-state index contributed by atoms with van der Waals surface area (Å²) in [5.74, 6) is -0.0810. The van der Waals surface area contributed by atoms with Crippen molar-refractivity contribution in [3.8, 4) is 11.5 Å². The van der Waals surface area contributed by atoms with Gasteiger partial charge in [0.1, 0.15) is 11.9 Å². The van der Waals surface area contributed by atoms with Crippen molar-refractivity contribution in [1.82, 2.24) is 10.2 Å². The minimum atomic E-state index is -0.747. The molecule has 0 radical (unpaired) electrons. The molecule has 1 atom stereocenters. The van der Waals surface area contributed by atoms with Crippen LogP contribution in [-0.2, 0) is 16.1 Å². The Balaban J connectivity index is 2.19. The molecule has 2 rings (SSSR count).